The average molecular weight is 397 g/mol. The van der Waals surface area contributed by atoms with Crippen LogP contribution in [0.15, 0.2) is 39.9 Å². The molecule has 4 rings (SSSR count). The summed E-state index contributed by atoms with van der Waals surface area (Å²) in [4.78, 5) is 41.7. The Morgan fingerprint density at radius 1 is 1.18 bits per heavy atom. The number of aryl methyl sites for hydroxylation is 2. The molecule has 4 aromatic rings. The van der Waals surface area contributed by atoms with E-state index in [-0.39, 0.29) is 23.4 Å². The number of rotatable bonds is 4. The van der Waals surface area contributed by atoms with Crippen LogP contribution in [0.4, 0.5) is 0 Å². The Kier molecular flexibility index (Phi) is 4.47. The molecular weight excluding hydrogens is 382 g/mol. The van der Waals surface area contributed by atoms with Crippen molar-refractivity contribution >= 4 is 33.0 Å². The van der Waals surface area contributed by atoms with Gasteiger partial charge in [-0.15, -0.1) is 0 Å². The van der Waals surface area contributed by atoms with Crippen LogP contribution in [0.25, 0.3) is 15.7 Å². The zero-order valence-corrected chi connectivity index (χ0v) is 15.9. The van der Waals surface area contributed by atoms with Crippen molar-refractivity contribution in [2.75, 3.05) is 0 Å². The Morgan fingerprint density at radius 3 is 2.68 bits per heavy atom. The summed E-state index contributed by atoms with van der Waals surface area (Å²) >= 11 is 1.31. The van der Waals surface area contributed by atoms with Crippen molar-refractivity contribution in [2.24, 2.45) is 7.05 Å². The number of nitrogens with zero attached hydrogens (tertiary/aromatic N) is 5. The normalized spacial score (nSPS) is 11.2. The molecule has 0 atom stereocenters. The van der Waals surface area contributed by atoms with Crippen LogP contribution in [0.3, 0.4) is 0 Å². The van der Waals surface area contributed by atoms with Crippen molar-refractivity contribution in [3.05, 3.63) is 67.4 Å². The van der Waals surface area contributed by atoms with Crippen molar-refractivity contribution in [3.8, 4) is 0 Å². The number of ether oxygens (including phenoxy) is 1. The molecule has 0 unspecified atom stereocenters. The number of hydrogen-bond acceptors (Lipinski definition) is 8. The predicted molar refractivity (Wildman–Crippen MR) is 103 cm³/mol. The van der Waals surface area contributed by atoms with Crippen LogP contribution in [-0.2, 0) is 24.8 Å². The van der Waals surface area contributed by atoms with Gasteiger partial charge in [-0.2, -0.15) is 14.7 Å². The first-order valence-electron chi connectivity index (χ1n) is 8.49. The predicted octanol–water partition coefficient (Wildman–Crippen LogP) is 1.32. The molecule has 3 aromatic heterocycles. The Morgan fingerprint density at radius 2 is 1.93 bits per heavy atom. The minimum Gasteiger partial charge on any atom is -0.454 e. The monoisotopic (exact) mass is 397 g/mol. The van der Waals surface area contributed by atoms with E-state index < -0.39 is 5.97 Å². The molecule has 0 saturated carbocycles. The second kappa shape index (κ2) is 6.97. The molecule has 0 bridgehead atoms. The third kappa shape index (κ3) is 3.07. The summed E-state index contributed by atoms with van der Waals surface area (Å²) in [5.74, 6) is -0.702. The smallest absolute Gasteiger partial charge is 0.359 e. The molecule has 0 fully saturated rings. The fraction of sp³-hybridized carbons (Fsp3) is 0.222. The van der Waals surface area contributed by atoms with Gasteiger partial charge in [-0.3, -0.25) is 9.59 Å². The van der Waals surface area contributed by atoms with E-state index >= 15 is 0 Å². The molecule has 3 heterocycles. The number of carbonyl (C=O) groups is 1. The van der Waals surface area contributed by atoms with Crippen LogP contribution in [0.1, 0.15) is 28.1 Å². The molecule has 9 nitrogen and oxygen atoms in total. The van der Waals surface area contributed by atoms with Gasteiger partial charge in [0.1, 0.15) is 11.6 Å². The first-order chi connectivity index (χ1) is 13.5. The van der Waals surface area contributed by atoms with Gasteiger partial charge in [0.2, 0.25) is 4.96 Å². The molecule has 0 aliphatic carbocycles. The number of aromatic nitrogens is 5. The lowest BCUT2D eigenvalue weighted by Crippen LogP contribution is -2.24. The van der Waals surface area contributed by atoms with Crippen molar-refractivity contribution in [1.29, 1.82) is 0 Å². The molecule has 0 spiro atoms. The van der Waals surface area contributed by atoms with Gasteiger partial charge in [0.05, 0.1) is 11.1 Å². The van der Waals surface area contributed by atoms with E-state index in [9.17, 15) is 14.4 Å². The number of hydrogen-bond donors (Lipinski definition) is 0. The topological polar surface area (TPSA) is 108 Å². The number of fused-ring (bicyclic) bond motifs is 2. The molecule has 0 saturated heterocycles. The zero-order valence-electron chi connectivity index (χ0n) is 15.1. The lowest BCUT2D eigenvalue weighted by molar-refractivity contribution is 0.0460. The molecule has 0 radical (unpaired) electrons. The van der Waals surface area contributed by atoms with Crippen LogP contribution in [-0.4, -0.2) is 30.3 Å². The molecule has 0 amide bonds. The second-order valence-electron chi connectivity index (χ2n) is 6.03. The van der Waals surface area contributed by atoms with Gasteiger partial charge in [0, 0.05) is 18.5 Å². The van der Waals surface area contributed by atoms with Gasteiger partial charge < -0.3 is 4.74 Å². The number of benzene rings is 1. The average Bonchev–Trinajstić information content (AvgIpc) is 3.13. The third-order valence-corrected chi connectivity index (χ3v) is 5.20. The van der Waals surface area contributed by atoms with Gasteiger partial charge >= 0.3 is 5.97 Å². The SMILES string of the molecule is CCc1nn2c(=O)cc(COC(=O)c3nn(C)c(=O)c4ccccc34)nc2s1. The van der Waals surface area contributed by atoms with E-state index in [2.05, 4.69) is 15.2 Å². The van der Waals surface area contributed by atoms with E-state index in [1.54, 1.807) is 24.3 Å². The third-order valence-electron chi connectivity index (χ3n) is 4.14. The number of carbonyl (C=O) groups excluding carboxylic acids is 1. The van der Waals surface area contributed by atoms with E-state index in [1.807, 2.05) is 6.92 Å². The summed E-state index contributed by atoms with van der Waals surface area (Å²) < 4.78 is 7.64. The van der Waals surface area contributed by atoms with Crippen LogP contribution >= 0.6 is 11.3 Å². The fourth-order valence-corrected chi connectivity index (χ4v) is 3.63. The lowest BCUT2D eigenvalue weighted by atomic mass is 10.1. The summed E-state index contributed by atoms with van der Waals surface area (Å²) in [7, 11) is 1.47. The highest BCUT2D eigenvalue weighted by Gasteiger charge is 2.18. The highest BCUT2D eigenvalue weighted by Crippen LogP contribution is 2.15. The lowest BCUT2D eigenvalue weighted by Gasteiger charge is -2.08. The van der Waals surface area contributed by atoms with Gasteiger partial charge in [0.25, 0.3) is 11.1 Å². The quantitative estimate of drug-likeness (QED) is 0.478. The standard InChI is InChI=1S/C18H15N5O4S/c1-3-13-20-23-14(24)8-10(19-18(23)28-13)9-27-17(26)15-11-6-4-5-7-12(11)16(25)22(2)21-15/h4-8H,3,9H2,1-2H3. The Labute approximate surface area is 161 Å². The van der Waals surface area contributed by atoms with Crippen molar-refractivity contribution < 1.29 is 9.53 Å². The Bertz CT molecular complexity index is 1340. The van der Waals surface area contributed by atoms with Crippen LogP contribution < -0.4 is 11.1 Å². The molecule has 1 aromatic carbocycles. The van der Waals surface area contributed by atoms with E-state index in [4.69, 9.17) is 4.74 Å². The van der Waals surface area contributed by atoms with E-state index in [1.165, 1.54) is 29.0 Å². The Hall–Kier alpha value is -3.40. The largest absolute Gasteiger partial charge is 0.454 e. The maximum Gasteiger partial charge on any atom is 0.359 e. The van der Waals surface area contributed by atoms with Crippen LogP contribution in [0.2, 0.25) is 0 Å². The second-order valence-corrected chi connectivity index (χ2v) is 7.07. The van der Waals surface area contributed by atoms with Gasteiger partial charge in [-0.05, 0) is 12.5 Å². The van der Waals surface area contributed by atoms with Crippen molar-refractivity contribution in [1.82, 2.24) is 24.4 Å². The van der Waals surface area contributed by atoms with Crippen LogP contribution in [0, 0.1) is 0 Å². The first-order valence-corrected chi connectivity index (χ1v) is 9.31. The van der Waals surface area contributed by atoms with Crippen molar-refractivity contribution in [2.45, 2.75) is 20.0 Å². The summed E-state index contributed by atoms with van der Waals surface area (Å²) in [5.41, 5.74) is -0.290. The highest BCUT2D eigenvalue weighted by atomic mass is 32.1. The Balaban J connectivity index is 1.64. The molecule has 10 heteroatoms. The number of esters is 1. The zero-order chi connectivity index (χ0) is 19.8. The van der Waals surface area contributed by atoms with Crippen molar-refractivity contribution in [3.63, 3.8) is 0 Å². The fourth-order valence-electron chi connectivity index (χ4n) is 2.77. The van der Waals surface area contributed by atoms with Crippen LogP contribution in [0.5, 0.6) is 0 Å². The van der Waals surface area contributed by atoms with E-state index in [0.717, 1.165) is 9.69 Å². The molecule has 142 valence electrons. The maximum absolute atomic E-state index is 12.6. The molecule has 0 N–H and O–H groups in total. The summed E-state index contributed by atoms with van der Waals surface area (Å²) in [6.45, 7) is 1.75. The maximum atomic E-state index is 12.6. The molecular formula is C18H15N5O4S. The summed E-state index contributed by atoms with van der Waals surface area (Å²) in [6, 6.07) is 7.98. The van der Waals surface area contributed by atoms with Gasteiger partial charge in [-0.1, -0.05) is 36.5 Å². The molecule has 0 aliphatic heterocycles. The minimum absolute atomic E-state index is 0.0292. The van der Waals surface area contributed by atoms with E-state index in [0.29, 0.717) is 27.8 Å². The first kappa shape index (κ1) is 18.0. The highest BCUT2D eigenvalue weighted by molar-refractivity contribution is 7.16. The molecule has 0 aliphatic rings. The minimum atomic E-state index is -0.702. The van der Waals surface area contributed by atoms with Gasteiger partial charge in [-0.25, -0.2) is 14.5 Å². The summed E-state index contributed by atoms with van der Waals surface area (Å²) in [5, 5.41) is 9.79. The van der Waals surface area contributed by atoms with Gasteiger partial charge in [0.15, 0.2) is 5.69 Å². The summed E-state index contributed by atoms with van der Waals surface area (Å²) in [6.07, 6.45) is 0.698. The molecule has 28 heavy (non-hydrogen) atoms.